The van der Waals surface area contributed by atoms with Gasteiger partial charge in [-0.05, 0) is 25.9 Å². The molecule has 8 heteroatoms. The zero-order valence-electron chi connectivity index (χ0n) is 11.6. The van der Waals surface area contributed by atoms with Gasteiger partial charge in [0.2, 0.25) is 0 Å². The molecule has 8 nitrogen and oxygen atoms in total. The van der Waals surface area contributed by atoms with E-state index in [1.807, 2.05) is 11.9 Å². The lowest BCUT2D eigenvalue weighted by Crippen LogP contribution is -2.32. The van der Waals surface area contributed by atoms with Crippen LogP contribution in [0.3, 0.4) is 0 Å². The molecule has 0 atom stereocenters. The predicted molar refractivity (Wildman–Crippen MR) is 77.6 cm³/mol. The first kappa shape index (κ1) is 14.5. The van der Waals surface area contributed by atoms with E-state index in [2.05, 4.69) is 15.3 Å². The molecule has 1 aliphatic rings. The van der Waals surface area contributed by atoms with Gasteiger partial charge < -0.3 is 15.2 Å². The maximum atomic E-state index is 10.9. The lowest BCUT2D eigenvalue weighted by Gasteiger charge is -2.22. The van der Waals surface area contributed by atoms with Gasteiger partial charge in [-0.1, -0.05) is 0 Å². The number of likely N-dealkylation sites (tertiary alicyclic amines) is 1. The average Bonchev–Trinajstić information content (AvgIpc) is 2.97. The van der Waals surface area contributed by atoms with Crippen molar-refractivity contribution in [3.05, 3.63) is 22.2 Å². The van der Waals surface area contributed by atoms with E-state index in [9.17, 15) is 10.1 Å². The smallest absolute Gasteiger partial charge is 0.276 e. The van der Waals surface area contributed by atoms with Crippen molar-refractivity contribution < 1.29 is 4.92 Å². The number of anilines is 2. The van der Waals surface area contributed by atoms with Gasteiger partial charge in [0.05, 0.1) is 17.1 Å². The van der Waals surface area contributed by atoms with Crippen molar-refractivity contribution in [2.24, 2.45) is 5.84 Å². The molecule has 1 fully saturated rings. The number of hydrazine groups is 1. The monoisotopic (exact) mass is 280 g/mol. The second-order valence-corrected chi connectivity index (χ2v) is 4.94. The van der Waals surface area contributed by atoms with E-state index in [0.717, 1.165) is 26.2 Å². The first-order chi connectivity index (χ1) is 9.60. The number of nitro groups is 1. The fraction of sp³-hybridized carbons (Fsp3) is 0.583. The first-order valence-corrected chi connectivity index (χ1v) is 6.67. The molecule has 110 valence electrons. The molecule has 0 unspecified atom stereocenters. The summed E-state index contributed by atoms with van der Waals surface area (Å²) in [5.74, 6) is 6.14. The van der Waals surface area contributed by atoms with E-state index in [-0.39, 0.29) is 5.69 Å². The Bertz CT molecular complexity index is 475. The molecule has 0 aromatic carbocycles. The van der Waals surface area contributed by atoms with Crippen LogP contribution < -0.4 is 16.2 Å². The number of aromatic nitrogens is 1. The third-order valence-corrected chi connectivity index (χ3v) is 3.50. The fourth-order valence-electron chi connectivity index (χ4n) is 2.29. The molecule has 0 aliphatic carbocycles. The number of hydrogen-bond acceptors (Lipinski definition) is 7. The Kier molecular flexibility index (Phi) is 4.70. The van der Waals surface area contributed by atoms with Crippen LogP contribution in [0.1, 0.15) is 12.8 Å². The number of pyridine rings is 1. The summed E-state index contributed by atoms with van der Waals surface area (Å²) in [4.78, 5) is 19.0. The van der Waals surface area contributed by atoms with E-state index >= 15 is 0 Å². The Morgan fingerprint density at radius 1 is 1.50 bits per heavy atom. The van der Waals surface area contributed by atoms with Gasteiger partial charge in [-0.15, -0.1) is 0 Å². The van der Waals surface area contributed by atoms with Crippen LogP contribution in [0.4, 0.5) is 17.3 Å². The van der Waals surface area contributed by atoms with Crippen LogP contribution in [-0.4, -0.2) is 48.0 Å². The average molecular weight is 280 g/mol. The lowest BCUT2D eigenvalue weighted by atomic mass is 10.3. The number of nitrogens with one attached hydrogen (secondary N) is 1. The molecular formula is C12H20N6O2. The summed E-state index contributed by atoms with van der Waals surface area (Å²) in [6, 6.07) is 2.78. The van der Waals surface area contributed by atoms with Crippen molar-refractivity contribution in [2.45, 2.75) is 12.8 Å². The molecular weight excluding hydrogens is 260 g/mol. The van der Waals surface area contributed by atoms with E-state index < -0.39 is 4.92 Å². The zero-order chi connectivity index (χ0) is 14.5. The number of nitrogens with zero attached hydrogens (tertiary/aromatic N) is 4. The molecule has 1 saturated heterocycles. The zero-order valence-corrected chi connectivity index (χ0v) is 11.6. The van der Waals surface area contributed by atoms with E-state index in [0.29, 0.717) is 11.6 Å². The van der Waals surface area contributed by atoms with Gasteiger partial charge >= 0.3 is 0 Å². The summed E-state index contributed by atoms with van der Waals surface area (Å²) in [7, 11) is 1.88. The second-order valence-electron chi connectivity index (χ2n) is 4.94. The van der Waals surface area contributed by atoms with Gasteiger partial charge in [0, 0.05) is 20.1 Å². The molecule has 0 spiro atoms. The van der Waals surface area contributed by atoms with Gasteiger partial charge in [0.15, 0.2) is 0 Å². The van der Waals surface area contributed by atoms with Gasteiger partial charge in [-0.25, -0.2) is 10.8 Å². The Hall–Kier alpha value is -1.93. The van der Waals surface area contributed by atoms with Crippen LogP contribution in [-0.2, 0) is 0 Å². The molecule has 2 rings (SSSR count). The number of nitrogens with two attached hydrogens (primary N) is 1. The summed E-state index contributed by atoms with van der Waals surface area (Å²) < 4.78 is 0. The summed E-state index contributed by atoms with van der Waals surface area (Å²) in [5, 5.41) is 10.9. The van der Waals surface area contributed by atoms with Crippen molar-refractivity contribution in [1.82, 2.24) is 9.88 Å². The Morgan fingerprint density at radius 2 is 2.20 bits per heavy atom. The summed E-state index contributed by atoms with van der Waals surface area (Å²) in [5.41, 5.74) is 2.34. The highest BCUT2D eigenvalue weighted by atomic mass is 16.6. The minimum absolute atomic E-state index is 0.0176. The maximum absolute atomic E-state index is 10.9. The molecule has 1 aromatic rings. The standard InChI is InChI=1S/C12H20N6O2/c1-16(6-7-17-4-2-3-5-17)12-9-10(18(19)20)8-11(14-12)15-13/h8-9H,2-7,13H2,1H3,(H,14,15). The van der Waals surface area contributed by atoms with Gasteiger partial charge in [-0.2, -0.15) is 0 Å². The SMILES string of the molecule is CN(CCN1CCCC1)c1cc([N+](=O)[O-])cc(NN)n1. The maximum Gasteiger partial charge on any atom is 0.276 e. The highest BCUT2D eigenvalue weighted by Gasteiger charge is 2.15. The number of rotatable bonds is 6. The van der Waals surface area contributed by atoms with Crippen LogP contribution in [0.15, 0.2) is 12.1 Å². The molecule has 0 amide bonds. The van der Waals surface area contributed by atoms with Crippen LogP contribution in [0, 0.1) is 10.1 Å². The molecule has 1 aromatic heterocycles. The van der Waals surface area contributed by atoms with Crippen LogP contribution in [0.2, 0.25) is 0 Å². The topological polar surface area (TPSA) is 101 Å². The van der Waals surface area contributed by atoms with Gasteiger partial charge in [-0.3, -0.25) is 10.1 Å². The van der Waals surface area contributed by atoms with Crippen LogP contribution in [0.25, 0.3) is 0 Å². The minimum Gasteiger partial charge on any atom is -0.358 e. The van der Waals surface area contributed by atoms with Crippen molar-refractivity contribution in [2.75, 3.05) is 43.6 Å². The van der Waals surface area contributed by atoms with E-state index in [1.165, 1.54) is 25.0 Å². The second kappa shape index (κ2) is 6.49. The van der Waals surface area contributed by atoms with Crippen LogP contribution in [0.5, 0.6) is 0 Å². The van der Waals surface area contributed by atoms with Crippen molar-refractivity contribution in [3.8, 4) is 0 Å². The number of hydrogen-bond donors (Lipinski definition) is 2. The van der Waals surface area contributed by atoms with E-state index in [1.54, 1.807) is 0 Å². The largest absolute Gasteiger partial charge is 0.358 e. The van der Waals surface area contributed by atoms with Crippen molar-refractivity contribution >= 4 is 17.3 Å². The molecule has 20 heavy (non-hydrogen) atoms. The minimum atomic E-state index is -0.444. The quantitative estimate of drug-likeness (QED) is 0.451. The molecule has 0 saturated carbocycles. The summed E-state index contributed by atoms with van der Waals surface area (Å²) in [6.45, 7) is 3.97. The third-order valence-electron chi connectivity index (χ3n) is 3.50. The Morgan fingerprint density at radius 3 is 2.80 bits per heavy atom. The Balaban J connectivity index is 2.05. The molecule has 1 aliphatic heterocycles. The highest BCUT2D eigenvalue weighted by Crippen LogP contribution is 2.22. The van der Waals surface area contributed by atoms with Gasteiger partial charge in [0.25, 0.3) is 5.69 Å². The lowest BCUT2D eigenvalue weighted by molar-refractivity contribution is -0.384. The fourth-order valence-corrected chi connectivity index (χ4v) is 2.29. The third kappa shape index (κ3) is 3.55. The predicted octanol–water partition coefficient (Wildman–Crippen LogP) is 0.807. The molecule has 3 N–H and O–H groups in total. The highest BCUT2D eigenvalue weighted by molar-refractivity contribution is 5.55. The first-order valence-electron chi connectivity index (χ1n) is 6.67. The molecule has 0 bridgehead atoms. The van der Waals surface area contributed by atoms with Crippen LogP contribution >= 0.6 is 0 Å². The Labute approximate surface area is 117 Å². The summed E-state index contributed by atoms with van der Waals surface area (Å²) >= 11 is 0. The number of likely N-dealkylation sites (N-methyl/N-ethyl adjacent to an activating group) is 1. The normalized spacial score (nSPS) is 15.3. The molecule has 0 radical (unpaired) electrons. The van der Waals surface area contributed by atoms with E-state index in [4.69, 9.17) is 5.84 Å². The summed E-state index contributed by atoms with van der Waals surface area (Å²) in [6.07, 6.45) is 2.50. The molecule has 2 heterocycles. The van der Waals surface area contributed by atoms with Crippen molar-refractivity contribution in [1.29, 1.82) is 0 Å². The number of nitrogen functional groups attached to an aromatic ring is 1. The van der Waals surface area contributed by atoms with Gasteiger partial charge in [0.1, 0.15) is 11.6 Å². The van der Waals surface area contributed by atoms with Crippen molar-refractivity contribution in [3.63, 3.8) is 0 Å².